The maximum atomic E-state index is 11.8. The third kappa shape index (κ3) is 5.37. The lowest BCUT2D eigenvalue weighted by molar-refractivity contribution is 0.0948. The van der Waals surface area contributed by atoms with Crippen LogP contribution in [0.15, 0.2) is 5.38 Å². The fourth-order valence-corrected chi connectivity index (χ4v) is 2.69. The molecule has 1 heterocycles. The van der Waals surface area contributed by atoms with Crippen molar-refractivity contribution in [3.05, 3.63) is 16.1 Å². The monoisotopic (exact) mass is 287 g/mol. The normalized spacial score (nSPS) is 12.4. The molecule has 6 heteroatoms. The molecule has 0 fully saturated rings. The van der Waals surface area contributed by atoms with Crippen LogP contribution in [0.25, 0.3) is 0 Å². The number of aromatic nitrogens is 1. The molecule has 1 rings (SSSR count). The summed E-state index contributed by atoms with van der Waals surface area (Å²) in [4.78, 5) is 16.0. The quantitative estimate of drug-likeness (QED) is 0.721. The van der Waals surface area contributed by atoms with Crippen LogP contribution in [0.5, 0.6) is 0 Å². The molecule has 0 saturated carbocycles. The molecule has 1 aromatic rings. The van der Waals surface area contributed by atoms with E-state index in [9.17, 15) is 4.79 Å². The minimum Gasteiger partial charge on any atom is -0.351 e. The second-order valence-corrected chi connectivity index (χ2v) is 6.04. The minimum absolute atomic E-state index is 0.0944. The van der Waals surface area contributed by atoms with Crippen molar-refractivity contribution in [1.82, 2.24) is 10.3 Å². The summed E-state index contributed by atoms with van der Waals surface area (Å²) < 4.78 is 0. The molecular formula is C12H21N3OS2. The smallest absolute Gasteiger partial charge is 0.270 e. The molecule has 1 unspecified atom stereocenters. The molecule has 3 N–H and O–H groups in total. The van der Waals surface area contributed by atoms with Gasteiger partial charge in [0.25, 0.3) is 5.91 Å². The molecule has 0 aliphatic carbocycles. The molecule has 1 amide bonds. The van der Waals surface area contributed by atoms with Crippen LogP contribution in [-0.2, 0) is 0 Å². The first-order chi connectivity index (χ1) is 8.65. The zero-order chi connectivity index (χ0) is 13.4. The lowest BCUT2D eigenvalue weighted by Gasteiger charge is -2.03. The van der Waals surface area contributed by atoms with Crippen molar-refractivity contribution in [1.29, 1.82) is 0 Å². The number of carbonyl (C=O) groups is 1. The molecule has 0 aliphatic rings. The van der Waals surface area contributed by atoms with E-state index >= 15 is 0 Å². The van der Waals surface area contributed by atoms with Gasteiger partial charge in [0.1, 0.15) is 10.7 Å². The summed E-state index contributed by atoms with van der Waals surface area (Å²) in [6.45, 7) is 2.59. The number of amides is 1. The fraction of sp³-hybridized carbons (Fsp3) is 0.667. The summed E-state index contributed by atoms with van der Waals surface area (Å²) in [6.07, 6.45) is 5.50. The van der Waals surface area contributed by atoms with Gasteiger partial charge in [-0.25, -0.2) is 4.98 Å². The number of hydrogen-bond acceptors (Lipinski definition) is 5. The molecule has 0 spiro atoms. The average Bonchev–Trinajstić information content (AvgIpc) is 2.83. The highest BCUT2D eigenvalue weighted by Gasteiger charge is 2.11. The van der Waals surface area contributed by atoms with Gasteiger partial charge < -0.3 is 11.1 Å². The molecule has 0 aliphatic heterocycles. The van der Waals surface area contributed by atoms with Gasteiger partial charge >= 0.3 is 0 Å². The summed E-state index contributed by atoms with van der Waals surface area (Å²) >= 11 is 3.30. The highest BCUT2D eigenvalue weighted by molar-refractivity contribution is 7.98. The SMILES string of the molecule is CSCCCCCNC(=O)c1csc(C(C)N)n1. The van der Waals surface area contributed by atoms with Crippen molar-refractivity contribution in [2.45, 2.75) is 32.2 Å². The number of carbonyl (C=O) groups excluding carboxylic acids is 1. The van der Waals surface area contributed by atoms with Gasteiger partial charge in [0, 0.05) is 11.9 Å². The number of rotatable bonds is 8. The lowest BCUT2D eigenvalue weighted by atomic mass is 10.2. The van der Waals surface area contributed by atoms with E-state index < -0.39 is 0 Å². The van der Waals surface area contributed by atoms with E-state index in [1.54, 1.807) is 5.38 Å². The summed E-state index contributed by atoms with van der Waals surface area (Å²) in [5.74, 6) is 1.10. The highest BCUT2D eigenvalue weighted by Crippen LogP contribution is 2.15. The molecule has 0 saturated heterocycles. The number of thioether (sulfide) groups is 1. The largest absolute Gasteiger partial charge is 0.351 e. The van der Waals surface area contributed by atoms with Crippen LogP contribution in [0.4, 0.5) is 0 Å². The highest BCUT2D eigenvalue weighted by atomic mass is 32.2. The zero-order valence-electron chi connectivity index (χ0n) is 10.9. The van der Waals surface area contributed by atoms with Crippen LogP contribution in [0.1, 0.15) is 47.7 Å². The Morgan fingerprint density at radius 2 is 2.33 bits per heavy atom. The van der Waals surface area contributed by atoms with Crippen LogP contribution in [0, 0.1) is 0 Å². The summed E-state index contributed by atoms with van der Waals surface area (Å²) in [6, 6.07) is -0.108. The van der Waals surface area contributed by atoms with Gasteiger partial charge in [-0.2, -0.15) is 11.8 Å². The first kappa shape index (κ1) is 15.5. The zero-order valence-corrected chi connectivity index (χ0v) is 12.6. The predicted octanol–water partition coefficient (Wildman–Crippen LogP) is 2.43. The third-order valence-electron chi connectivity index (χ3n) is 2.45. The van der Waals surface area contributed by atoms with Crippen LogP contribution in [-0.4, -0.2) is 29.4 Å². The molecular weight excluding hydrogens is 266 g/mol. The third-order valence-corrected chi connectivity index (χ3v) is 4.20. The minimum atomic E-state index is -0.108. The van der Waals surface area contributed by atoms with Gasteiger partial charge in [0.15, 0.2) is 0 Å². The van der Waals surface area contributed by atoms with Crippen LogP contribution < -0.4 is 11.1 Å². The van der Waals surface area contributed by atoms with E-state index in [0.29, 0.717) is 5.69 Å². The van der Waals surface area contributed by atoms with Gasteiger partial charge in [-0.15, -0.1) is 11.3 Å². The Hall–Kier alpha value is -0.590. The maximum Gasteiger partial charge on any atom is 0.270 e. The van der Waals surface area contributed by atoms with Gasteiger partial charge in [0.2, 0.25) is 0 Å². The summed E-state index contributed by atoms with van der Waals surface area (Å²) in [7, 11) is 0. The molecule has 0 bridgehead atoms. The number of nitrogens with one attached hydrogen (secondary N) is 1. The predicted molar refractivity (Wildman–Crippen MR) is 79.3 cm³/mol. The Bertz CT molecular complexity index is 366. The Morgan fingerprint density at radius 1 is 1.56 bits per heavy atom. The van der Waals surface area contributed by atoms with Crippen LogP contribution in [0.2, 0.25) is 0 Å². The molecule has 1 aromatic heterocycles. The van der Waals surface area contributed by atoms with Gasteiger partial charge in [-0.3, -0.25) is 4.79 Å². The Balaban J connectivity index is 2.23. The van der Waals surface area contributed by atoms with E-state index in [1.807, 2.05) is 18.7 Å². The van der Waals surface area contributed by atoms with Crippen molar-refractivity contribution < 1.29 is 4.79 Å². The van der Waals surface area contributed by atoms with Crippen LogP contribution in [0.3, 0.4) is 0 Å². The van der Waals surface area contributed by atoms with Gasteiger partial charge in [-0.05, 0) is 31.8 Å². The van der Waals surface area contributed by atoms with Crippen molar-refractivity contribution in [2.75, 3.05) is 18.6 Å². The lowest BCUT2D eigenvalue weighted by Crippen LogP contribution is -2.24. The van der Waals surface area contributed by atoms with Gasteiger partial charge in [0.05, 0.1) is 6.04 Å². The molecule has 4 nitrogen and oxygen atoms in total. The van der Waals surface area contributed by atoms with Crippen molar-refractivity contribution >= 4 is 29.0 Å². The van der Waals surface area contributed by atoms with Crippen molar-refractivity contribution in [3.8, 4) is 0 Å². The van der Waals surface area contributed by atoms with E-state index in [2.05, 4.69) is 16.6 Å². The molecule has 1 atom stereocenters. The Kier molecular flexibility index (Phi) is 7.31. The van der Waals surface area contributed by atoms with E-state index in [-0.39, 0.29) is 11.9 Å². The van der Waals surface area contributed by atoms with Crippen molar-refractivity contribution in [3.63, 3.8) is 0 Å². The number of nitrogens with zero attached hydrogens (tertiary/aromatic N) is 1. The molecule has 18 heavy (non-hydrogen) atoms. The first-order valence-electron chi connectivity index (χ1n) is 6.13. The molecule has 0 radical (unpaired) electrons. The number of unbranched alkanes of at least 4 members (excludes halogenated alkanes) is 2. The van der Waals surface area contributed by atoms with E-state index in [0.717, 1.165) is 24.4 Å². The fourth-order valence-electron chi connectivity index (χ4n) is 1.44. The first-order valence-corrected chi connectivity index (χ1v) is 8.40. The molecule has 102 valence electrons. The second kappa shape index (κ2) is 8.50. The van der Waals surface area contributed by atoms with E-state index in [1.165, 1.54) is 23.5 Å². The average molecular weight is 287 g/mol. The Morgan fingerprint density at radius 3 is 2.94 bits per heavy atom. The van der Waals surface area contributed by atoms with Crippen LogP contribution >= 0.6 is 23.1 Å². The Labute approximate surface area is 117 Å². The number of nitrogens with two attached hydrogens (primary N) is 1. The number of thiazole rings is 1. The van der Waals surface area contributed by atoms with Crippen molar-refractivity contribution in [2.24, 2.45) is 5.73 Å². The maximum absolute atomic E-state index is 11.8. The molecule has 0 aromatic carbocycles. The van der Waals surface area contributed by atoms with E-state index in [4.69, 9.17) is 5.73 Å². The second-order valence-electron chi connectivity index (χ2n) is 4.17. The topological polar surface area (TPSA) is 68.0 Å². The number of hydrogen-bond donors (Lipinski definition) is 2. The summed E-state index contributed by atoms with van der Waals surface area (Å²) in [5, 5.41) is 5.46. The summed E-state index contributed by atoms with van der Waals surface area (Å²) in [5.41, 5.74) is 6.19. The standard InChI is InChI=1S/C12H21N3OS2/c1-9(13)12-15-10(8-18-12)11(16)14-6-4-3-5-7-17-2/h8-9H,3-7,13H2,1-2H3,(H,14,16). The van der Waals surface area contributed by atoms with Gasteiger partial charge in [-0.1, -0.05) is 6.42 Å².